The third-order valence-corrected chi connectivity index (χ3v) is 3.04. The van der Waals surface area contributed by atoms with E-state index in [1.807, 2.05) is 6.07 Å². The number of alkyl halides is 3. The SMILES string of the molecule is N#CCC(CCCCC(F)(F)F)OC1CCCCO1. The van der Waals surface area contributed by atoms with E-state index in [0.717, 1.165) is 19.3 Å². The Hall–Kier alpha value is -0.800. The molecular weight excluding hydrogens is 259 g/mol. The Labute approximate surface area is 111 Å². The van der Waals surface area contributed by atoms with Crippen molar-refractivity contribution in [2.24, 2.45) is 0 Å². The summed E-state index contributed by atoms with van der Waals surface area (Å²) < 4.78 is 47.0. The molecule has 0 aliphatic carbocycles. The Balaban J connectivity index is 2.22. The van der Waals surface area contributed by atoms with Crippen LogP contribution < -0.4 is 0 Å². The van der Waals surface area contributed by atoms with E-state index in [9.17, 15) is 13.2 Å². The van der Waals surface area contributed by atoms with Gasteiger partial charge in [0.25, 0.3) is 0 Å². The number of hydrogen-bond donors (Lipinski definition) is 0. The number of ether oxygens (including phenoxy) is 2. The summed E-state index contributed by atoms with van der Waals surface area (Å²) in [5.74, 6) is 0. The van der Waals surface area contributed by atoms with Crippen LogP contribution in [0, 0.1) is 11.3 Å². The fourth-order valence-electron chi connectivity index (χ4n) is 2.05. The van der Waals surface area contributed by atoms with Crippen LogP contribution in [-0.4, -0.2) is 25.2 Å². The minimum absolute atomic E-state index is 0.0836. The molecule has 0 amide bonds. The molecule has 0 saturated carbocycles. The monoisotopic (exact) mass is 279 g/mol. The summed E-state index contributed by atoms with van der Waals surface area (Å²) >= 11 is 0. The van der Waals surface area contributed by atoms with E-state index in [1.165, 1.54) is 0 Å². The highest BCUT2D eigenvalue weighted by atomic mass is 19.4. The third-order valence-electron chi connectivity index (χ3n) is 3.04. The molecule has 19 heavy (non-hydrogen) atoms. The van der Waals surface area contributed by atoms with Crippen LogP contribution in [0.4, 0.5) is 13.2 Å². The average Bonchev–Trinajstić information content (AvgIpc) is 2.35. The summed E-state index contributed by atoms with van der Waals surface area (Å²) in [5.41, 5.74) is 0. The zero-order valence-electron chi connectivity index (χ0n) is 10.9. The van der Waals surface area contributed by atoms with Crippen molar-refractivity contribution in [2.45, 2.75) is 69.9 Å². The van der Waals surface area contributed by atoms with Crippen molar-refractivity contribution in [1.29, 1.82) is 5.26 Å². The minimum atomic E-state index is -4.10. The summed E-state index contributed by atoms with van der Waals surface area (Å²) in [6.07, 6.45) is -1.48. The first kappa shape index (κ1) is 16.3. The molecule has 1 saturated heterocycles. The Bertz CT molecular complexity index is 283. The number of nitriles is 1. The maximum atomic E-state index is 12.0. The van der Waals surface area contributed by atoms with Gasteiger partial charge in [-0.3, -0.25) is 0 Å². The lowest BCUT2D eigenvalue weighted by Crippen LogP contribution is -2.27. The number of halogens is 3. The lowest BCUT2D eigenvalue weighted by Gasteiger charge is -2.26. The number of unbranched alkanes of at least 4 members (excludes halogenated alkanes) is 1. The van der Waals surface area contributed by atoms with Crippen LogP contribution in [-0.2, 0) is 9.47 Å². The predicted octanol–water partition coefficient (Wildman–Crippen LogP) is 3.93. The largest absolute Gasteiger partial charge is 0.389 e. The summed E-state index contributed by atoms with van der Waals surface area (Å²) in [4.78, 5) is 0. The summed E-state index contributed by atoms with van der Waals surface area (Å²) in [6, 6.07) is 2.01. The van der Waals surface area contributed by atoms with Crippen LogP contribution >= 0.6 is 0 Å². The zero-order valence-corrected chi connectivity index (χ0v) is 10.9. The highest BCUT2D eigenvalue weighted by Gasteiger charge is 2.26. The van der Waals surface area contributed by atoms with Crippen LogP contribution in [0.2, 0.25) is 0 Å². The van der Waals surface area contributed by atoms with Gasteiger partial charge in [0.05, 0.1) is 18.6 Å². The van der Waals surface area contributed by atoms with Crippen molar-refractivity contribution in [1.82, 2.24) is 0 Å². The molecule has 0 bridgehead atoms. The molecular formula is C13H20F3NO2. The zero-order chi connectivity index (χ0) is 14.1. The normalized spacial score (nSPS) is 21.9. The number of rotatable bonds is 7. The molecule has 0 N–H and O–H groups in total. The van der Waals surface area contributed by atoms with Gasteiger partial charge in [-0.15, -0.1) is 0 Å². The van der Waals surface area contributed by atoms with Gasteiger partial charge in [-0.25, -0.2) is 0 Å². The highest BCUT2D eigenvalue weighted by molar-refractivity contribution is 4.77. The second-order valence-corrected chi connectivity index (χ2v) is 4.78. The molecule has 1 aliphatic heterocycles. The van der Waals surface area contributed by atoms with Gasteiger partial charge in [0.2, 0.25) is 0 Å². The van der Waals surface area contributed by atoms with Crippen molar-refractivity contribution >= 4 is 0 Å². The van der Waals surface area contributed by atoms with Gasteiger partial charge in [0, 0.05) is 13.0 Å². The van der Waals surface area contributed by atoms with Crippen LogP contribution in [0.5, 0.6) is 0 Å². The van der Waals surface area contributed by atoms with Crippen molar-refractivity contribution in [3.8, 4) is 6.07 Å². The van der Waals surface area contributed by atoms with E-state index >= 15 is 0 Å². The van der Waals surface area contributed by atoms with Gasteiger partial charge >= 0.3 is 6.18 Å². The Morgan fingerprint density at radius 1 is 1.32 bits per heavy atom. The second kappa shape index (κ2) is 8.39. The van der Waals surface area contributed by atoms with E-state index in [2.05, 4.69) is 0 Å². The molecule has 0 aromatic carbocycles. The highest BCUT2D eigenvalue weighted by Crippen LogP contribution is 2.24. The molecule has 110 valence electrons. The summed E-state index contributed by atoms with van der Waals surface area (Å²) in [7, 11) is 0. The molecule has 2 unspecified atom stereocenters. The van der Waals surface area contributed by atoms with Crippen molar-refractivity contribution < 1.29 is 22.6 Å². The van der Waals surface area contributed by atoms with E-state index in [1.54, 1.807) is 0 Å². The first-order valence-corrected chi connectivity index (χ1v) is 6.72. The first-order valence-electron chi connectivity index (χ1n) is 6.72. The number of nitrogens with zero attached hydrogens (tertiary/aromatic N) is 1. The van der Waals surface area contributed by atoms with Gasteiger partial charge in [0.15, 0.2) is 6.29 Å². The van der Waals surface area contributed by atoms with Gasteiger partial charge in [-0.05, 0) is 32.1 Å². The second-order valence-electron chi connectivity index (χ2n) is 4.78. The lowest BCUT2D eigenvalue weighted by molar-refractivity contribution is -0.188. The minimum Gasteiger partial charge on any atom is -0.353 e. The standard InChI is InChI=1S/C13H20F3NO2/c14-13(15,16)8-3-1-5-11(7-9-17)19-12-6-2-4-10-18-12/h11-12H,1-8,10H2. The molecule has 1 aliphatic rings. The topological polar surface area (TPSA) is 42.2 Å². The van der Waals surface area contributed by atoms with Crippen LogP contribution in [0.25, 0.3) is 0 Å². The quantitative estimate of drug-likeness (QED) is 0.663. The molecule has 3 nitrogen and oxygen atoms in total. The fraction of sp³-hybridized carbons (Fsp3) is 0.923. The van der Waals surface area contributed by atoms with Gasteiger partial charge in [-0.1, -0.05) is 6.42 Å². The van der Waals surface area contributed by atoms with Gasteiger partial charge in [0.1, 0.15) is 0 Å². The van der Waals surface area contributed by atoms with E-state index in [0.29, 0.717) is 19.4 Å². The molecule has 0 radical (unpaired) electrons. The predicted molar refractivity (Wildman–Crippen MR) is 63.2 cm³/mol. The Morgan fingerprint density at radius 3 is 2.68 bits per heavy atom. The molecule has 1 fully saturated rings. The average molecular weight is 279 g/mol. The molecule has 2 atom stereocenters. The first-order chi connectivity index (χ1) is 9.01. The lowest BCUT2D eigenvalue weighted by atomic mass is 10.1. The smallest absolute Gasteiger partial charge is 0.353 e. The van der Waals surface area contributed by atoms with Crippen LogP contribution in [0.15, 0.2) is 0 Å². The maximum Gasteiger partial charge on any atom is 0.389 e. The number of hydrogen-bond acceptors (Lipinski definition) is 3. The summed E-state index contributed by atoms with van der Waals surface area (Å²) in [6.45, 7) is 0.651. The van der Waals surface area contributed by atoms with Crippen LogP contribution in [0.1, 0.15) is 51.4 Å². The third kappa shape index (κ3) is 8.06. The Kier molecular flexibility index (Phi) is 7.17. The molecule has 1 rings (SSSR count). The molecule has 0 aromatic rings. The van der Waals surface area contributed by atoms with Gasteiger partial charge < -0.3 is 9.47 Å². The fourth-order valence-corrected chi connectivity index (χ4v) is 2.05. The molecule has 0 aromatic heterocycles. The van der Waals surface area contributed by atoms with Crippen molar-refractivity contribution in [3.05, 3.63) is 0 Å². The van der Waals surface area contributed by atoms with E-state index in [-0.39, 0.29) is 25.2 Å². The van der Waals surface area contributed by atoms with Crippen molar-refractivity contribution in [3.63, 3.8) is 0 Å². The van der Waals surface area contributed by atoms with E-state index < -0.39 is 12.6 Å². The van der Waals surface area contributed by atoms with E-state index in [4.69, 9.17) is 14.7 Å². The summed E-state index contributed by atoms with van der Waals surface area (Å²) in [5, 5.41) is 8.70. The molecule has 0 spiro atoms. The van der Waals surface area contributed by atoms with Crippen molar-refractivity contribution in [2.75, 3.05) is 6.61 Å². The maximum absolute atomic E-state index is 12.0. The molecule has 1 heterocycles. The molecule has 6 heteroatoms. The van der Waals surface area contributed by atoms with Gasteiger partial charge in [-0.2, -0.15) is 18.4 Å². The van der Waals surface area contributed by atoms with Crippen LogP contribution in [0.3, 0.4) is 0 Å². The Morgan fingerprint density at radius 2 is 2.11 bits per heavy atom.